The van der Waals surface area contributed by atoms with E-state index in [2.05, 4.69) is 29.5 Å². The van der Waals surface area contributed by atoms with Crippen LogP contribution in [0.5, 0.6) is 11.5 Å². The molecule has 0 bridgehead atoms. The van der Waals surface area contributed by atoms with E-state index in [4.69, 9.17) is 14.2 Å². The normalized spacial score (nSPS) is 12.8. The zero-order valence-electron chi connectivity index (χ0n) is 16.2. The van der Waals surface area contributed by atoms with E-state index in [9.17, 15) is 0 Å². The van der Waals surface area contributed by atoms with Gasteiger partial charge in [0.05, 0.1) is 19.8 Å². The Balaban J connectivity index is 2.25. The number of hydrogen-bond acceptors (Lipinski definition) is 4. The van der Waals surface area contributed by atoms with Crippen molar-refractivity contribution in [3.05, 3.63) is 24.3 Å². The molecule has 0 saturated carbocycles. The van der Waals surface area contributed by atoms with E-state index in [1.54, 1.807) is 14.2 Å². The first kappa shape index (κ1) is 21.1. The van der Waals surface area contributed by atoms with E-state index in [0.29, 0.717) is 19.1 Å². The first-order chi connectivity index (χ1) is 12.1. The number of guanidine groups is 1. The van der Waals surface area contributed by atoms with Gasteiger partial charge in [0.25, 0.3) is 0 Å². The summed E-state index contributed by atoms with van der Waals surface area (Å²) in [6, 6.07) is 7.58. The van der Waals surface area contributed by atoms with Crippen LogP contribution >= 0.6 is 0 Å². The molecule has 6 heteroatoms. The number of methoxy groups -OCH3 is 1. The summed E-state index contributed by atoms with van der Waals surface area (Å²) in [5.74, 6) is 2.86. The average Bonchev–Trinajstić information content (AvgIpc) is 2.62. The first-order valence-electron chi connectivity index (χ1n) is 8.93. The molecule has 0 aromatic heterocycles. The summed E-state index contributed by atoms with van der Waals surface area (Å²) in [6.07, 6.45) is 1.22. The fourth-order valence-corrected chi connectivity index (χ4v) is 2.41. The minimum absolute atomic E-state index is 0.270. The molecule has 142 valence electrons. The molecular weight excluding hydrogens is 318 g/mol. The molecule has 0 aliphatic rings. The van der Waals surface area contributed by atoms with Crippen molar-refractivity contribution in [3.8, 4) is 11.5 Å². The van der Waals surface area contributed by atoms with E-state index in [1.165, 1.54) is 0 Å². The van der Waals surface area contributed by atoms with Crippen LogP contribution in [0.2, 0.25) is 0 Å². The number of hydrogen-bond donors (Lipinski definition) is 2. The maximum Gasteiger partial charge on any atom is 0.191 e. The number of rotatable bonds is 11. The van der Waals surface area contributed by atoms with Crippen molar-refractivity contribution in [1.29, 1.82) is 0 Å². The summed E-state index contributed by atoms with van der Waals surface area (Å²) in [5, 5.41) is 6.56. The van der Waals surface area contributed by atoms with Gasteiger partial charge in [0.2, 0.25) is 0 Å². The van der Waals surface area contributed by atoms with Gasteiger partial charge in [-0.05, 0) is 31.4 Å². The lowest BCUT2D eigenvalue weighted by Crippen LogP contribution is -2.40. The summed E-state index contributed by atoms with van der Waals surface area (Å²) >= 11 is 0. The van der Waals surface area contributed by atoms with Gasteiger partial charge in [0.15, 0.2) is 5.96 Å². The molecule has 0 fully saturated rings. The molecule has 0 aliphatic carbocycles. The van der Waals surface area contributed by atoms with Crippen LogP contribution in [0.15, 0.2) is 29.3 Å². The molecule has 0 heterocycles. The minimum Gasteiger partial charge on any atom is -0.497 e. The van der Waals surface area contributed by atoms with Crippen LogP contribution in [0, 0.1) is 5.92 Å². The van der Waals surface area contributed by atoms with Crippen LogP contribution in [0.1, 0.15) is 27.2 Å². The standard InChI is InChI=1S/C19H33N3O3/c1-6-24-18(15(2)3)10-11-21-19(20-4)22-12-13-25-17-9-7-8-16(14-17)23-5/h7-9,14-15,18H,6,10-13H2,1-5H3,(H2,20,21,22). The third-order valence-corrected chi connectivity index (χ3v) is 3.77. The predicted octanol–water partition coefficient (Wildman–Crippen LogP) is 2.69. The molecule has 1 rings (SSSR count). The SMILES string of the molecule is CCOC(CCNC(=NC)NCCOc1cccc(OC)c1)C(C)C. The predicted molar refractivity (Wildman–Crippen MR) is 103 cm³/mol. The van der Waals surface area contributed by atoms with Crippen LogP contribution in [-0.4, -0.2) is 52.5 Å². The molecule has 0 spiro atoms. The highest BCUT2D eigenvalue weighted by molar-refractivity contribution is 5.79. The molecule has 0 amide bonds. The molecule has 1 aromatic rings. The van der Waals surface area contributed by atoms with Gasteiger partial charge in [-0.3, -0.25) is 4.99 Å². The molecule has 1 unspecified atom stereocenters. The first-order valence-corrected chi connectivity index (χ1v) is 8.93. The fraction of sp³-hybridized carbons (Fsp3) is 0.632. The Labute approximate surface area is 152 Å². The number of nitrogens with one attached hydrogen (secondary N) is 2. The van der Waals surface area contributed by atoms with Crippen molar-refractivity contribution in [2.75, 3.05) is 40.5 Å². The van der Waals surface area contributed by atoms with Gasteiger partial charge in [-0.1, -0.05) is 19.9 Å². The van der Waals surface area contributed by atoms with E-state index in [0.717, 1.165) is 37.0 Å². The minimum atomic E-state index is 0.270. The Morgan fingerprint density at radius 1 is 1.16 bits per heavy atom. The van der Waals surface area contributed by atoms with Crippen LogP contribution in [0.4, 0.5) is 0 Å². The number of aliphatic imine (C=N–C) groups is 1. The molecule has 2 N–H and O–H groups in total. The lowest BCUT2D eigenvalue weighted by molar-refractivity contribution is 0.0258. The molecule has 0 radical (unpaired) electrons. The summed E-state index contributed by atoms with van der Waals surface area (Å²) < 4.78 is 16.6. The second-order valence-electron chi connectivity index (χ2n) is 5.98. The van der Waals surface area contributed by atoms with Gasteiger partial charge in [0, 0.05) is 26.3 Å². The number of ether oxygens (including phenoxy) is 3. The smallest absolute Gasteiger partial charge is 0.191 e. The highest BCUT2D eigenvalue weighted by Gasteiger charge is 2.12. The lowest BCUT2D eigenvalue weighted by atomic mass is 10.0. The van der Waals surface area contributed by atoms with Gasteiger partial charge in [-0.25, -0.2) is 0 Å². The molecule has 1 atom stereocenters. The van der Waals surface area contributed by atoms with Gasteiger partial charge >= 0.3 is 0 Å². The van der Waals surface area contributed by atoms with Crippen LogP contribution in [0.3, 0.4) is 0 Å². The second kappa shape index (κ2) is 12.4. The number of benzene rings is 1. The maximum atomic E-state index is 5.75. The third kappa shape index (κ3) is 8.63. The third-order valence-electron chi connectivity index (χ3n) is 3.77. The van der Waals surface area contributed by atoms with E-state index >= 15 is 0 Å². The van der Waals surface area contributed by atoms with Crippen LogP contribution in [0.25, 0.3) is 0 Å². The quantitative estimate of drug-likeness (QED) is 0.365. The molecule has 1 aromatic carbocycles. The van der Waals surface area contributed by atoms with Crippen molar-refractivity contribution >= 4 is 5.96 Å². The molecule has 0 aliphatic heterocycles. The van der Waals surface area contributed by atoms with Crippen molar-refractivity contribution in [1.82, 2.24) is 10.6 Å². The topological polar surface area (TPSA) is 64.1 Å². The Morgan fingerprint density at radius 2 is 1.88 bits per heavy atom. The summed E-state index contributed by atoms with van der Waals surface area (Å²) in [6.45, 7) is 9.17. The largest absolute Gasteiger partial charge is 0.497 e. The Morgan fingerprint density at radius 3 is 2.52 bits per heavy atom. The molecule has 6 nitrogen and oxygen atoms in total. The molecule has 0 saturated heterocycles. The highest BCUT2D eigenvalue weighted by atomic mass is 16.5. The van der Waals surface area contributed by atoms with Crippen molar-refractivity contribution in [2.45, 2.75) is 33.3 Å². The van der Waals surface area contributed by atoms with Crippen molar-refractivity contribution in [3.63, 3.8) is 0 Å². The van der Waals surface area contributed by atoms with Crippen molar-refractivity contribution < 1.29 is 14.2 Å². The van der Waals surface area contributed by atoms with Gasteiger partial charge in [-0.2, -0.15) is 0 Å². The summed E-state index contributed by atoms with van der Waals surface area (Å²) in [7, 11) is 3.41. The lowest BCUT2D eigenvalue weighted by Gasteiger charge is -2.21. The Hall–Kier alpha value is -1.95. The second-order valence-corrected chi connectivity index (χ2v) is 5.98. The monoisotopic (exact) mass is 351 g/mol. The van der Waals surface area contributed by atoms with Crippen LogP contribution in [-0.2, 0) is 4.74 Å². The Kier molecular flexibility index (Phi) is 10.5. The summed E-state index contributed by atoms with van der Waals surface area (Å²) in [5.41, 5.74) is 0. The van der Waals surface area contributed by atoms with E-state index in [-0.39, 0.29) is 6.10 Å². The Bertz CT molecular complexity index is 506. The zero-order valence-corrected chi connectivity index (χ0v) is 16.2. The van der Waals surface area contributed by atoms with Gasteiger partial charge < -0.3 is 24.8 Å². The molecule has 25 heavy (non-hydrogen) atoms. The maximum absolute atomic E-state index is 5.75. The van der Waals surface area contributed by atoms with E-state index in [1.807, 2.05) is 31.2 Å². The zero-order chi connectivity index (χ0) is 18.5. The van der Waals surface area contributed by atoms with Gasteiger partial charge in [0.1, 0.15) is 18.1 Å². The molecular formula is C19H33N3O3. The van der Waals surface area contributed by atoms with E-state index < -0.39 is 0 Å². The fourth-order valence-electron chi connectivity index (χ4n) is 2.41. The van der Waals surface area contributed by atoms with Crippen molar-refractivity contribution in [2.24, 2.45) is 10.9 Å². The highest BCUT2D eigenvalue weighted by Crippen LogP contribution is 2.18. The number of nitrogens with zero attached hydrogens (tertiary/aromatic N) is 1. The average molecular weight is 351 g/mol. The van der Waals surface area contributed by atoms with Crippen LogP contribution < -0.4 is 20.1 Å². The van der Waals surface area contributed by atoms with Gasteiger partial charge in [-0.15, -0.1) is 0 Å². The summed E-state index contributed by atoms with van der Waals surface area (Å²) in [4.78, 5) is 4.23.